The van der Waals surface area contributed by atoms with Gasteiger partial charge in [0.15, 0.2) is 16.9 Å². The average Bonchev–Trinajstić information content (AvgIpc) is 1.80. The van der Waals surface area contributed by atoms with Crippen LogP contribution in [0.15, 0.2) is 101 Å². The molecule has 0 spiro atoms. The number of anilines is 5. The van der Waals surface area contributed by atoms with Crippen LogP contribution in [0.2, 0.25) is 40.4 Å². The molecule has 2 fully saturated rings. The van der Waals surface area contributed by atoms with Gasteiger partial charge in [-0.25, -0.2) is 45.1 Å². The minimum atomic E-state index is -3.22. The van der Waals surface area contributed by atoms with Gasteiger partial charge in [0.1, 0.15) is 29.6 Å². The van der Waals surface area contributed by atoms with Crippen molar-refractivity contribution in [3.05, 3.63) is 220 Å². The Labute approximate surface area is 885 Å². The number of fused-ring (bicyclic) bond motifs is 9. The summed E-state index contributed by atoms with van der Waals surface area (Å²) >= 11 is 69.9. The van der Waals surface area contributed by atoms with Crippen molar-refractivity contribution in [3.63, 3.8) is 0 Å². The molecule has 0 atom stereocenters. The summed E-state index contributed by atoms with van der Waals surface area (Å²) in [6.45, 7) is 35.5. The number of methoxy groups -OCH3 is 2. The first-order valence-electron chi connectivity index (χ1n) is 38.5. The quantitative estimate of drug-likeness (QED) is 0.00741. The molecule has 7 aromatic carbocycles. The number of nitrogens with two attached hydrogens (primary N) is 4. The molecule has 13 aromatic rings. The minimum Gasteiger partial charge on any atom is -0.512 e. The van der Waals surface area contributed by atoms with Gasteiger partial charge in [0.05, 0.1) is 53.3 Å². The van der Waals surface area contributed by atoms with Crippen molar-refractivity contribution >= 4 is 301 Å². The van der Waals surface area contributed by atoms with Gasteiger partial charge in [-0.3, -0.25) is 24.8 Å². The van der Waals surface area contributed by atoms with E-state index in [1.165, 1.54) is 49.3 Å². The van der Waals surface area contributed by atoms with Crippen molar-refractivity contribution in [3.8, 4) is 12.1 Å². The molecule has 15 rings (SSSR count). The van der Waals surface area contributed by atoms with Crippen molar-refractivity contribution < 1.29 is 50.6 Å². The molecule has 2 aliphatic rings. The molecule has 0 radical (unpaired) electrons. The fourth-order valence-corrected chi connectivity index (χ4v) is 12.6. The van der Waals surface area contributed by atoms with E-state index < -0.39 is 16.7 Å². The van der Waals surface area contributed by atoms with Crippen molar-refractivity contribution in [2.45, 2.75) is 83.1 Å². The van der Waals surface area contributed by atoms with E-state index in [4.69, 9.17) is 142 Å². The zero-order chi connectivity index (χ0) is 102. The third kappa shape index (κ3) is 44.7. The predicted octanol–water partition coefficient (Wildman–Crippen LogP) is 22.1. The number of aromatic amines is 1. The van der Waals surface area contributed by atoms with Crippen LogP contribution in [-0.2, 0) is 35.9 Å². The van der Waals surface area contributed by atoms with Gasteiger partial charge in [0, 0.05) is 172 Å². The molecule has 135 heavy (non-hydrogen) atoms. The number of benzene rings is 7. The monoisotopic (exact) mass is 2420 g/mol. The Morgan fingerprint density at radius 3 is 1.37 bits per heavy atom. The number of nitrogens with zero attached hydrogens (tertiary/aromatic N) is 18. The van der Waals surface area contributed by atoms with E-state index in [-0.39, 0.29) is 40.6 Å². The first kappa shape index (κ1) is 128. The maximum atomic E-state index is 11.8. The number of piperazine rings is 2. The number of carbonyl (C=O) groups is 3. The van der Waals surface area contributed by atoms with E-state index in [1.807, 2.05) is 120 Å². The van der Waals surface area contributed by atoms with Crippen molar-refractivity contribution in [2.75, 3.05) is 122 Å². The Balaban J connectivity index is 0.00000149. The van der Waals surface area contributed by atoms with E-state index in [1.54, 1.807) is 91.7 Å². The first-order valence-corrected chi connectivity index (χ1v) is 50.6. The molecule has 8 heterocycles. The molecule has 6 aromatic heterocycles. The summed E-state index contributed by atoms with van der Waals surface area (Å²) < 4.78 is 26.8. The number of H-pyrrole nitrogens is 1. The number of hydrogen-bond donors (Lipinski definition) is 9. The zero-order valence-corrected chi connectivity index (χ0v) is 92.6. The summed E-state index contributed by atoms with van der Waals surface area (Å²) in [4.78, 5) is 73.7. The molecule has 734 valence electrons. The number of hydrazine groups is 1. The molecule has 0 aliphatic carbocycles. The molecule has 0 saturated carbocycles. The Bertz CT molecular complexity index is 6270. The molecule has 2 saturated heterocycles. The zero-order valence-electron chi connectivity index (χ0n) is 75.6. The number of aliphatic hydroxyl groups excluding tert-OH is 1. The maximum absolute atomic E-state index is 11.8. The molecule has 13 N–H and O–H groups in total. The van der Waals surface area contributed by atoms with Crippen LogP contribution in [0, 0.1) is 107 Å². The van der Waals surface area contributed by atoms with E-state index in [2.05, 4.69) is 186 Å². The normalized spacial score (nSPS) is 11.4. The summed E-state index contributed by atoms with van der Waals surface area (Å²) in [5.74, 6) is 7.18. The first-order chi connectivity index (χ1) is 62.9. The second-order valence-electron chi connectivity index (χ2n) is 27.5. The number of aromatic nitrogens is 12. The van der Waals surface area contributed by atoms with Crippen molar-refractivity contribution in [2.24, 2.45) is 10.6 Å². The van der Waals surface area contributed by atoms with Gasteiger partial charge in [0.2, 0.25) is 17.1 Å². The van der Waals surface area contributed by atoms with Crippen LogP contribution in [0.3, 0.4) is 0 Å². The number of nitriles is 2. The van der Waals surface area contributed by atoms with Gasteiger partial charge in [-0.05, 0) is 300 Å². The number of hydrogen-bond acceptors (Lipinski definition) is 28. The Morgan fingerprint density at radius 1 is 0.585 bits per heavy atom. The van der Waals surface area contributed by atoms with Gasteiger partial charge in [0.25, 0.3) is 0 Å². The fraction of sp³-hybridized carbons (Fsp3) is 0.313. The number of aryl methyl sites for hydroxylation is 10. The number of aliphatic hydroxyl groups is 1. The van der Waals surface area contributed by atoms with Crippen LogP contribution < -0.4 is 49.7 Å². The Kier molecular flexibility index (Phi) is 61.8. The average molecular weight is 2430 g/mol. The Hall–Kier alpha value is -7.47. The molecule has 0 unspecified atom stereocenters. The molecule has 34 nitrogen and oxygen atoms in total. The van der Waals surface area contributed by atoms with E-state index >= 15 is 0 Å². The second kappa shape index (κ2) is 65.5. The number of halogens is 15. The molecular weight excluding hydrogens is 2330 g/mol. The molecule has 0 bridgehead atoms. The van der Waals surface area contributed by atoms with Gasteiger partial charge < -0.3 is 68.6 Å². The van der Waals surface area contributed by atoms with Crippen LogP contribution >= 0.6 is 205 Å². The standard InChI is InChI=1S/C16H19ClN6.C11H8Cl2N4.C11H9ClN4O.C10H9ClN2O2.C8H7ClN2.C7H7ClIN.C7H8ClN.C5H12N2.C2H3ClO2.C2H6N2O.C2H6O.CH4NP.CN.Cl3OP.ClI.Cu/c1-10-8-12-14(9-13(10)17)19-16(22-6-4-21(3)5-7-22)23-15(12)18-11(2)20-23;1-5-3-7-9(4-8(5)12)15-11(13)17-10(7)14-6(2)16-17;1-5-3-7-9(4-8(5)12)14-11(17)16-10(7)13-6(2)15-16;1-6-3-7(5-12)9(4-8(6)11)13-10(14)15-2;1-5-2-6(4-10)8(11)3-7(5)9;1-4-2-6(9)7(10)3-5(4)8;1-5-2-3-6(9)4-7(5)8;1-7-4-2-6-3-5-7;1-5-2(3)4;1-2(5)4-3;2*1-2-3;1-2;1-5(2,3)4;1-2;/h8-9H,4-7H2,1-3H3;3-4H,1-2H3;3-4H,1-2H3,(H,14,17);3-4H,1-2H3,(H,13,14);2-3H,11H2,1H3;2-3H,10H2,1H3;2-4H,9H2,1H3;6H,2-5H2,1H3;1H3;3H2,1H3,(H,4,5);3H,2H2,1H3;3H,1H3;;;;/q;;;;;;;;;;;;-1;;;+1. The van der Waals surface area contributed by atoms with E-state index in [9.17, 15) is 23.7 Å². The topological polar surface area (TPSA) is 490 Å². The number of carbonyl (C=O) groups excluding carboxylic acids is 3. The van der Waals surface area contributed by atoms with Crippen LogP contribution in [-0.4, -0.2) is 185 Å². The number of ether oxygens (including phenoxy) is 2. The summed E-state index contributed by atoms with van der Waals surface area (Å²) in [6, 6.07) is 30.9. The second-order valence-corrected chi connectivity index (χ2v) is 39.3. The van der Waals surface area contributed by atoms with Gasteiger partial charge in [-0.2, -0.15) is 24.1 Å². The van der Waals surface area contributed by atoms with Crippen LogP contribution in [0.25, 0.3) is 49.7 Å². The summed E-state index contributed by atoms with van der Waals surface area (Å²) in [5, 5.41) is 54.1. The summed E-state index contributed by atoms with van der Waals surface area (Å²) in [5.41, 5.74) is 31.5. The molecule has 2 amide bonds. The molecule has 2 aliphatic heterocycles. The SMILES string of the molecule is CC(=O)NN.CCO.CN1CCNCC1.CN=P.COC(=O)Cl.COC(=O)Nc1cc(Cl)c(C)cc1C#N.Cc1cc(C#N)c(N)cc1Cl.Cc1cc(I)c(N)cc1Cl.Cc1ccc(N)cc1Cl.Cc1nc2c3cc(C)c(Cl)cc3[nH]c(=O)n2n1.Cc1nc2c3cc(C)c(Cl)cc3nc(Cl)n2n1.Cc1nc2c3cc(C)c(Cl)cc3nc(N3CCN(C)CC3)n2n1.ClI.O=P(Cl)(Cl)Cl.[C-]#N.[Cu+]. The number of nitrogen functional groups attached to an aromatic ring is 3. The van der Waals surface area contributed by atoms with Crippen molar-refractivity contribution in [1.82, 2.24) is 79.3 Å². The number of likely N-dealkylation sites (N-methyl/N-ethyl adjacent to an activating group) is 2. The smallest absolute Gasteiger partial charge is 0.512 e. The van der Waals surface area contributed by atoms with Crippen LogP contribution in [0.5, 0.6) is 0 Å². The maximum Gasteiger partial charge on any atom is 1.00 e. The summed E-state index contributed by atoms with van der Waals surface area (Å²) in [6.07, 6.45) is -0.633. The van der Waals surface area contributed by atoms with Gasteiger partial charge in [-0.15, -0.1) is 15.3 Å². The molecule has 52 heteroatoms. The summed E-state index contributed by atoms with van der Waals surface area (Å²) in [7, 11) is 15.8. The Morgan fingerprint density at radius 2 is 0.956 bits per heavy atom. The third-order valence-corrected chi connectivity index (χ3v) is 21.4. The minimum absolute atomic E-state index is 0. The largest absolute Gasteiger partial charge is 1.00 e. The fourth-order valence-electron chi connectivity index (χ4n) is 10.6. The number of rotatable bonds is 2. The van der Waals surface area contributed by atoms with E-state index in [0.717, 1.165) is 147 Å². The van der Waals surface area contributed by atoms with Crippen LogP contribution in [0.4, 0.5) is 38.3 Å². The van der Waals surface area contributed by atoms with Gasteiger partial charge >= 0.3 is 39.5 Å². The van der Waals surface area contributed by atoms with E-state index in [0.29, 0.717) is 76.7 Å². The van der Waals surface area contributed by atoms with Crippen molar-refractivity contribution in [1.29, 1.82) is 15.8 Å². The third-order valence-electron chi connectivity index (χ3n) is 17.2. The predicted molar refractivity (Wildman–Crippen MR) is 568 cm³/mol. The van der Waals surface area contributed by atoms with Crippen LogP contribution in [0.1, 0.15) is 81.4 Å². The number of amides is 2. The molecular formula is C83H98Cl13CuI2N26O8P2. The van der Waals surface area contributed by atoms with Gasteiger partial charge in [-0.1, -0.05) is 87.3 Å². The number of nitrogens with one attached hydrogen (secondary N) is 4.